The van der Waals surface area contributed by atoms with Gasteiger partial charge in [0, 0.05) is 18.3 Å². The number of nitrogens with two attached hydrogens (primary N) is 1. The van der Waals surface area contributed by atoms with Crippen LogP contribution in [-0.4, -0.2) is 10.8 Å². The fraction of sp³-hybridized carbons (Fsp3) is 0.429. The Morgan fingerprint density at radius 2 is 2.55 bits per heavy atom. The molecule has 0 aliphatic heterocycles. The van der Waals surface area contributed by atoms with Crippen molar-refractivity contribution in [3.05, 3.63) is 16.1 Å². The number of carbonyl (C=O) groups excluding carboxylic acids is 1. The second kappa shape index (κ2) is 3.59. The molecule has 0 aromatic carbocycles. The zero-order chi connectivity index (χ0) is 8.27. The maximum absolute atomic E-state index is 10.6. The molecular weight excluding hydrogens is 160 g/mol. The van der Waals surface area contributed by atoms with Crippen molar-refractivity contribution in [3.8, 4) is 0 Å². The smallest absolute Gasteiger partial charge is 0.135 e. The molecule has 0 saturated heterocycles. The van der Waals surface area contributed by atoms with E-state index in [1.807, 2.05) is 5.38 Å². The van der Waals surface area contributed by atoms with Crippen LogP contribution in [0.3, 0.4) is 0 Å². The van der Waals surface area contributed by atoms with Crippen LogP contribution in [0.1, 0.15) is 17.6 Å². The standard InChI is InChI=1S/C7H10N2OS/c1-5(10)2-6-4-11-7(3-8)9-6/h4H,2-3,8H2,1H3. The maximum atomic E-state index is 10.6. The number of rotatable bonds is 3. The van der Waals surface area contributed by atoms with Gasteiger partial charge in [0.2, 0.25) is 0 Å². The Kier molecular flexibility index (Phi) is 2.73. The summed E-state index contributed by atoms with van der Waals surface area (Å²) >= 11 is 1.50. The van der Waals surface area contributed by atoms with Crippen molar-refractivity contribution in [2.75, 3.05) is 0 Å². The topological polar surface area (TPSA) is 56.0 Å². The fourth-order valence-electron chi connectivity index (χ4n) is 0.779. The molecule has 0 amide bonds. The van der Waals surface area contributed by atoms with Gasteiger partial charge >= 0.3 is 0 Å². The van der Waals surface area contributed by atoms with E-state index < -0.39 is 0 Å². The number of aromatic nitrogens is 1. The van der Waals surface area contributed by atoms with E-state index in [1.54, 1.807) is 6.92 Å². The van der Waals surface area contributed by atoms with E-state index in [4.69, 9.17) is 5.73 Å². The summed E-state index contributed by atoms with van der Waals surface area (Å²) in [5.74, 6) is 0.138. The molecular formula is C7H10N2OS. The number of Topliss-reactive ketones (excluding diaryl/α,β-unsaturated/α-hetero) is 1. The van der Waals surface area contributed by atoms with Gasteiger partial charge in [0.1, 0.15) is 10.8 Å². The summed E-state index contributed by atoms with van der Waals surface area (Å²) in [6.07, 6.45) is 0.427. The van der Waals surface area contributed by atoms with E-state index in [0.29, 0.717) is 13.0 Å². The highest BCUT2D eigenvalue weighted by Gasteiger charge is 2.01. The van der Waals surface area contributed by atoms with Gasteiger partial charge in [0.25, 0.3) is 0 Å². The van der Waals surface area contributed by atoms with E-state index in [0.717, 1.165) is 10.7 Å². The highest BCUT2D eigenvalue weighted by atomic mass is 32.1. The molecule has 0 aliphatic carbocycles. The second-order valence-corrected chi connectivity index (χ2v) is 3.26. The molecule has 0 spiro atoms. The first kappa shape index (κ1) is 8.36. The predicted molar refractivity (Wildman–Crippen MR) is 44.4 cm³/mol. The van der Waals surface area contributed by atoms with Gasteiger partial charge < -0.3 is 5.73 Å². The van der Waals surface area contributed by atoms with Crippen molar-refractivity contribution in [2.24, 2.45) is 5.73 Å². The van der Waals surface area contributed by atoms with Crippen LogP contribution in [0, 0.1) is 0 Å². The lowest BCUT2D eigenvalue weighted by Crippen LogP contribution is -1.99. The molecule has 60 valence electrons. The van der Waals surface area contributed by atoms with Crippen LogP contribution in [0.15, 0.2) is 5.38 Å². The Bertz CT molecular complexity index is 257. The van der Waals surface area contributed by atoms with Gasteiger partial charge in [-0.2, -0.15) is 0 Å². The molecule has 2 N–H and O–H groups in total. The molecule has 1 rings (SSSR count). The van der Waals surface area contributed by atoms with Gasteiger partial charge in [-0.25, -0.2) is 4.98 Å². The minimum absolute atomic E-state index is 0.138. The Morgan fingerprint density at radius 1 is 1.82 bits per heavy atom. The van der Waals surface area contributed by atoms with Crippen LogP contribution < -0.4 is 5.73 Å². The molecule has 0 saturated carbocycles. The summed E-state index contributed by atoms with van der Waals surface area (Å²) < 4.78 is 0. The SMILES string of the molecule is CC(=O)Cc1csc(CN)n1. The number of hydrogen-bond acceptors (Lipinski definition) is 4. The summed E-state index contributed by atoms with van der Waals surface area (Å²) in [5.41, 5.74) is 6.19. The summed E-state index contributed by atoms with van der Waals surface area (Å²) in [6, 6.07) is 0. The number of hydrogen-bond donors (Lipinski definition) is 1. The lowest BCUT2D eigenvalue weighted by molar-refractivity contribution is -0.116. The van der Waals surface area contributed by atoms with Crippen molar-refractivity contribution >= 4 is 17.1 Å². The number of ketones is 1. The van der Waals surface area contributed by atoms with Gasteiger partial charge in [-0.05, 0) is 6.92 Å². The Labute approximate surface area is 69.3 Å². The average Bonchev–Trinajstić information content (AvgIpc) is 2.34. The number of thiazole rings is 1. The Balaban J connectivity index is 2.65. The van der Waals surface area contributed by atoms with Crippen LogP contribution >= 0.6 is 11.3 Å². The van der Waals surface area contributed by atoms with E-state index in [9.17, 15) is 4.79 Å². The van der Waals surface area contributed by atoms with E-state index >= 15 is 0 Å². The minimum Gasteiger partial charge on any atom is -0.325 e. The molecule has 4 heteroatoms. The number of nitrogens with zero attached hydrogens (tertiary/aromatic N) is 1. The van der Waals surface area contributed by atoms with Crippen LogP contribution in [0.4, 0.5) is 0 Å². The van der Waals surface area contributed by atoms with Crippen LogP contribution in [0.25, 0.3) is 0 Å². The summed E-state index contributed by atoms with van der Waals surface area (Å²) in [4.78, 5) is 14.8. The van der Waals surface area contributed by atoms with Gasteiger partial charge in [-0.15, -0.1) is 11.3 Å². The Hall–Kier alpha value is -0.740. The third-order valence-electron chi connectivity index (χ3n) is 1.20. The number of carbonyl (C=O) groups is 1. The molecule has 3 nitrogen and oxygen atoms in total. The largest absolute Gasteiger partial charge is 0.325 e. The third-order valence-corrected chi connectivity index (χ3v) is 2.12. The Morgan fingerprint density at radius 3 is 3.00 bits per heavy atom. The first-order chi connectivity index (χ1) is 5.22. The molecule has 1 aromatic heterocycles. The van der Waals surface area contributed by atoms with Crippen molar-refractivity contribution in [1.29, 1.82) is 0 Å². The third kappa shape index (κ3) is 2.40. The molecule has 0 radical (unpaired) electrons. The van der Waals surface area contributed by atoms with Crippen LogP contribution in [0.2, 0.25) is 0 Å². The maximum Gasteiger partial charge on any atom is 0.135 e. The van der Waals surface area contributed by atoms with Crippen molar-refractivity contribution < 1.29 is 4.79 Å². The van der Waals surface area contributed by atoms with Gasteiger partial charge in [0.05, 0.1) is 5.69 Å². The summed E-state index contributed by atoms with van der Waals surface area (Å²) in [6.45, 7) is 2.02. The average molecular weight is 170 g/mol. The molecule has 1 heterocycles. The fourth-order valence-corrected chi connectivity index (χ4v) is 1.45. The lowest BCUT2D eigenvalue weighted by Gasteiger charge is -1.87. The minimum atomic E-state index is 0.138. The van der Waals surface area contributed by atoms with Crippen molar-refractivity contribution in [1.82, 2.24) is 4.98 Å². The first-order valence-corrected chi connectivity index (χ1v) is 4.23. The monoisotopic (exact) mass is 170 g/mol. The second-order valence-electron chi connectivity index (χ2n) is 2.32. The van der Waals surface area contributed by atoms with Gasteiger partial charge in [0.15, 0.2) is 0 Å². The summed E-state index contributed by atoms with van der Waals surface area (Å²) in [7, 11) is 0. The molecule has 0 atom stereocenters. The molecule has 0 fully saturated rings. The molecule has 11 heavy (non-hydrogen) atoms. The quantitative estimate of drug-likeness (QED) is 0.727. The zero-order valence-electron chi connectivity index (χ0n) is 6.33. The molecule has 0 unspecified atom stereocenters. The lowest BCUT2D eigenvalue weighted by atomic mass is 10.3. The highest BCUT2D eigenvalue weighted by Crippen LogP contribution is 2.09. The van der Waals surface area contributed by atoms with Crippen LogP contribution in [-0.2, 0) is 17.8 Å². The molecule has 0 bridgehead atoms. The van der Waals surface area contributed by atoms with Gasteiger partial charge in [-0.1, -0.05) is 0 Å². The molecule has 0 aliphatic rings. The van der Waals surface area contributed by atoms with Gasteiger partial charge in [-0.3, -0.25) is 4.79 Å². The van der Waals surface area contributed by atoms with Crippen molar-refractivity contribution in [3.63, 3.8) is 0 Å². The van der Waals surface area contributed by atoms with E-state index in [2.05, 4.69) is 4.98 Å². The van der Waals surface area contributed by atoms with E-state index in [-0.39, 0.29) is 5.78 Å². The zero-order valence-corrected chi connectivity index (χ0v) is 7.15. The van der Waals surface area contributed by atoms with Crippen molar-refractivity contribution in [2.45, 2.75) is 19.9 Å². The first-order valence-electron chi connectivity index (χ1n) is 3.35. The van der Waals surface area contributed by atoms with E-state index in [1.165, 1.54) is 11.3 Å². The normalized spacial score (nSPS) is 10.0. The highest BCUT2D eigenvalue weighted by molar-refractivity contribution is 7.09. The summed E-state index contributed by atoms with van der Waals surface area (Å²) in [5, 5.41) is 2.77. The predicted octanol–water partition coefficient (Wildman–Crippen LogP) is 0.733. The molecule has 1 aromatic rings. The van der Waals surface area contributed by atoms with Crippen LogP contribution in [0.5, 0.6) is 0 Å².